The highest BCUT2D eigenvalue weighted by Gasteiger charge is 2.21. The van der Waals surface area contributed by atoms with Crippen molar-refractivity contribution in [1.29, 1.82) is 0 Å². The highest BCUT2D eigenvalue weighted by molar-refractivity contribution is 5.95. The third-order valence-corrected chi connectivity index (χ3v) is 3.54. The molecular weight excluding hydrogens is 240 g/mol. The molecule has 1 aromatic rings. The number of carbonyl (C=O) groups excluding carboxylic acids is 2. The minimum absolute atomic E-state index is 0.0341. The molecule has 0 bridgehead atoms. The second-order valence-corrected chi connectivity index (χ2v) is 5.30. The zero-order chi connectivity index (χ0) is 13.8. The van der Waals surface area contributed by atoms with E-state index >= 15 is 0 Å². The third kappa shape index (κ3) is 3.89. The Hall–Kier alpha value is -1.68. The summed E-state index contributed by atoms with van der Waals surface area (Å²) in [5.41, 5.74) is 1.41. The molecule has 1 atom stereocenters. The van der Waals surface area contributed by atoms with Gasteiger partial charge in [0.1, 0.15) is 0 Å². The fraction of sp³-hybridized carbons (Fsp3) is 0.467. The Labute approximate surface area is 113 Å². The number of hydrogen-bond donors (Lipinski definition) is 1. The van der Waals surface area contributed by atoms with Crippen LogP contribution in [0.4, 0.5) is 5.69 Å². The van der Waals surface area contributed by atoms with E-state index in [0.717, 1.165) is 25.2 Å². The molecule has 1 aromatic carbocycles. The van der Waals surface area contributed by atoms with Gasteiger partial charge in [-0.25, -0.2) is 0 Å². The van der Waals surface area contributed by atoms with Crippen molar-refractivity contribution in [2.45, 2.75) is 19.8 Å². The van der Waals surface area contributed by atoms with Gasteiger partial charge in [0.15, 0.2) is 5.78 Å². The fourth-order valence-electron chi connectivity index (χ4n) is 2.46. The lowest BCUT2D eigenvalue weighted by Gasteiger charge is -2.11. The number of likely N-dealkylation sites (tertiary alicyclic amines) is 1. The van der Waals surface area contributed by atoms with E-state index in [-0.39, 0.29) is 11.7 Å². The Morgan fingerprint density at radius 1 is 1.32 bits per heavy atom. The summed E-state index contributed by atoms with van der Waals surface area (Å²) >= 11 is 0. The van der Waals surface area contributed by atoms with Crippen molar-refractivity contribution in [3.63, 3.8) is 0 Å². The molecule has 1 saturated heterocycles. The van der Waals surface area contributed by atoms with Gasteiger partial charge in [-0.2, -0.15) is 0 Å². The average Bonchev–Trinajstić information content (AvgIpc) is 2.75. The maximum Gasteiger partial charge on any atom is 0.224 e. The van der Waals surface area contributed by atoms with Gasteiger partial charge in [0.2, 0.25) is 5.91 Å². The number of amides is 1. The predicted octanol–water partition coefficient (Wildman–Crippen LogP) is 2.17. The maximum atomic E-state index is 11.9. The Morgan fingerprint density at radius 2 is 2.00 bits per heavy atom. The summed E-state index contributed by atoms with van der Waals surface area (Å²) < 4.78 is 0. The van der Waals surface area contributed by atoms with Gasteiger partial charge >= 0.3 is 0 Å². The fourth-order valence-corrected chi connectivity index (χ4v) is 2.46. The first-order valence-electron chi connectivity index (χ1n) is 6.64. The van der Waals surface area contributed by atoms with Crippen molar-refractivity contribution in [3.05, 3.63) is 29.8 Å². The van der Waals surface area contributed by atoms with Crippen molar-refractivity contribution in [3.8, 4) is 0 Å². The largest absolute Gasteiger partial charge is 0.326 e. The average molecular weight is 260 g/mol. The summed E-state index contributed by atoms with van der Waals surface area (Å²) in [7, 11) is 2.08. The first-order chi connectivity index (χ1) is 9.04. The van der Waals surface area contributed by atoms with E-state index in [1.165, 1.54) is 6.92 Å². The zero-order valence-corrected chi connectivity index (χ0v) is 11.5. The summed E-state index contributed by atoms with van der Waals surface area (Å²) in [6, 6.07) is 7.02. The summed E-state index contributed by atoms with van der Waals surface area (Å²) in [6.07, 6.45) is 1.66. The minimum Gasteiger partial charge on any atom is -0.326 e. The molecule has 1 heterocycles. The molecule has 0 radical (unpaired) electrons. The van der Waals surface area contributed by atoms with Gasteiger partial charge in [-0.05, 0) is 57.1 Å². The van der Waals surface area contributed by atoms with Crippen LogP contribution in [0.1, 0.15) is 30.1 Å². The molecule has 1 N–H and O–H groups in total. The summed E-state index contributed by atoms with van der Waals surface area (Å²) in [5, 5.41) is 2.88. The van der Waals surface area contributed by atoms with Crippen molar-refractivity contribution in [2.75, 3.05) is 25.5 Å². The second-order valence-electron chi connectivity index (χ2n) is 5.30. The lowest BCUT2D eigenvalue weighted by molar-refractivity contribution is -0.117. The van der Waals surface area contributed by atoms with Crippen molar-refractivity contribution in [1.82, 2.24) is 4.90 Å². The number of Topliss-reactive ketones (excluding diaryl/α,β-unsaturated/α-hetero) is 1. The Morgan fingerprint density at radius 3 is 2.53 bits per heavy atom. The SMILES string of the molecule is CC(=O)c1ccc(NC(=O)CC2CCN(C)C2)cc1. The molecule has 1 amide bonds. The van der Waals surface area contributed by atoms with Crippen LogP contribution >= 0.6 is 0 Å². The van der Waals surface area contributed by atoms with Crippen LogP contribution in [0.25, 0.3) is 0 Å². The molecule has 1 fully saturated rings. The van der Waals surface area contributed by atoms with Crippen LogP contribution in [0.15, 0.2) is 24.3 Å². The molecule has 19 heavy (non-hydrogen) atoms. The van der Waals surface area contributed by atoms with E-state index in [0.29, 0.717) is 17.9 Å². The van der Waals surface area contributed by atoms with Crippen molar-refractivity contribution in [2.24, 2.45) is 5.92 Å². The summed E-state index contributed by atoms with van der Waals surface area (Å²) in [6.45, 7) is 3.60. The first kappa shape index (κ1) is 13.7. The van der Waals surface area contributed by atoms with Crippen LogP contribution in [0, 0.1) is 5.92 Å². The number of carbonyl (C=O) groups is 2. The van der Waals surface area contributed by atoms with E-state index in [2.05, 4.69) is 17.3 Å². The van der Waals surface area contributed by atoms with E-state index in [1.807, 2.05) is 0 Å². The van der Waals surface area contributed by atoms with Crippen LogP contribution in [0.3, 0.4) is 0 Å². The topological polar surface area (TPSA) is 49.4 Å². The van der Waals surface area contributed by atoms with Crippen molar-refractivity contribution < 1.29 is 9.59 Å². The van der Waals surface area contributed by atoms with Gasteiger partial charge in [-0.15, -0.1) is 0 Å². The number of anilines is 1. The van der Waals surface area contributed by atoms with Crippen molar-refractivity contribution >= 4 is 17.4 Å². The minimum atomic E-state index is 0.0341. The van der Waals surface area contributed by atoms with E-state index in [4.69, 9.17) is 0 Å². The van der Waals surface area contributed by atoms with Gasteiger partial charge in [-0.3, -0.25) is 9.59 Å². The summed E-state index contributed by atoms with van der Waals surface area (Å²) in [5.74, 6) is 0.546. The van der Waals surface area contributed by atoms with E-state index in [9.17, 15) is 9.59 Å². The predicted molar refractivity (Wildman–Crippen MR) is 75.3 cm³/mol. The Balaban J connectivity index is 1.86. The number of ketones is 1. The number of benzene rings is 1. The van der Waals surface area contributed by atoms with Crippen LogP contribution < -0.4 is 5.32 Å². The van der Waals surface area contributed by atoms with Gasteiger partial charge in [0.05, 0.1) is 0 Å². The molecule has 4 nitrogen and oxygen atoms in total. The smallest absolute Gasteiger partial charge is 0.224 e. The van der Waals surface area contributed by atoms with E-state index < -0.39 is 0 Å². The lowest BCUT2D eigenvalue weighted by atomic mass is 10.0. The lowest BCUT2D eigenvalue weighted by Crippen LogP contribution is -2.19. The normalized spacial score (nSPS) is 19.4. The van der Waals surface area contributed by atoms with Gasteiger partial charge < -0.3 is 10.2 Å². The molecule has 4 heteroatoms. The molecule has 1 aliphatic heterocycles. The molecular formula is C15H20N2O2. The standard InChI is InChI=1S/C15H20N2O2/c1-11(18)13-3-5-14(6-4-13)16-15(19)9-12-7-8-17(2)10-12/h3-6,12H,7-10H2,1-2H3,(H,16,19). The number of nitrogens with zero attached hydrogens (tertiary/aromatic N) is 1. The zero-order valence-electron chi connectivity index (χ0n) is 11.5. The number of rotatable bonds is 4. The van der Waals surface area contributed by atoms with Gasteiger partial charge in [0.25, 0.3) is 0 Å². The molecule has 0 spiro atoms. The third-order valence-electron chi connectivity index (χ3n) is 3.54. The molecule has 1 aliphatic rings. The number of hydrogen-bond acceptors (Lipinski definition) is 3. The van der Waals surface area contributed by atoms with Gasteiger partial charge in [0, 0.05) is 24.2 Å². The second kappa shape index (κ2) is 5.97. The van der Waals surface area contributed by atoms with Crippen LogP contribution in [-0.2, 0) is 4.79 Å². The van der Waals surface area contributed by atoms with E-state index in [1.54, 1.807) is 24.3 Å². The maximum absolute atomic E-state index is 11.9. The van der Waals surface area contributed by atoms with Crippen LogP contribution in [-0.4, -0.2) is 36.7 Å². The Bertz CT molecular complexity index is 468. The number of nitrogens with one attached hydrogen (secondary N) is 1. The Kier molecular flexibility index (Phi) is 4.32. The molecule has 0 aliphatic carbocycles. The molecule has 1 unspecified atom stereocenters. The molecule has 102 valence electrons. The van der Waals surface area contributed by atoms with Crippen LogP contribution in [0.2, 0.25) is 0 Å². The van der Waals surface area contributed by atoms with Gasteiger partial charge in [-0.1, -0.05) is 0 Å². The summed E-state index contributed by atoms with van der Waals surface area (Å²) in [4.78, 5) is 25.3. The quantitative estimate of drug-likeness (QED) is 0.844. The molecule has 0 aromatic heterocycles. The van der Waals surface area contributed by atoms with Crippen LogP contribution in [0.5, 0.6) is 0 Å². The monoisotopic (exact) mass is 260 g/mol. The molecule has 2 rings (SSSR count). The highest BCUT2D eigenvalue weighted by atomic mass is 16.1. The molecule has 0 saturated carbocycles. The highest BCUT2D eigenvalue weighted by Crippen LogP contribution is 2.19. The first-order valence-corrected chi connectivity index (χ1v) is 6.64.